The van der Waals surface area contributed by atoms with Gasteiger partial charge in [-0.25, -0.2) is 4.39 Å². The molecule has 0 radical (unpaired) electrons. The first kappa shape index (κ1) is 16.9. The van der Waals surface area contributed by atoms with E-state index in [1.165, 1.54) is 6.07 Å². The molecule has 0 spiro atoms. The number of nitrogens with zero attached hydrogens (tertiary/aromatic N) is 1. The molecule has 1 rings (SSSR count). The maximum Gasteiger partial charge on any atom is 0.123 e. The van der Waals surface area contributed by atoms with Crippen LogP contribution in [0.5, 0.6) is 0 Å². The third kappa shape index (κ3) is 4.74. The molecule has 0 aromatic heterocycles. The van der Waals surface area contributed by atoms with Crippen molar-refractivity contribution in [2.45, 2.75) is 19.9 Å². The first-order valence-corrected chi connectivity index (χ1v) is 7.01. The third-order valence-corrected chi connectivity index (χ3v) is 3.24. The minimum Gasteiger partial charge on any atom is -0.395 e. The Bertz CT molecular complexity index is 401. The van der Waals surface area contributed by atoms with E-state index >= 15 is 0 Å². The molecule has 5 heteroatoms. The molecule has 0 aliphatic carbocycles. The first-order valence-electron chi connectivity index (χ1n) is 7.01. The van der Waals surface area contributed by atoms with Gasteiger partial charge in [0.05, 0.1) is 13.2 Å². The van der Waals surface area contributed by atoms with Gasteiger partial charge in [-0.3, -0.25) is 0 Å². The van der Waals surface area contributed by atoms with E-state index in [4.69, 9.17) is 4.74 Å². The van der Waals surface area contributed by atoms with Crippen LogP contribution in [0, 0.1) is 5.82 Å². The SMILES string of the molecule is CCNC(C)c1cc(F)ccc1N(CCO)CCOC. The number of hydrogen-bond donors (Lipinski definition) is 2. The Morgan fingerprint density at radius 1 is 1.40 bits per heavy atom. The van der Waals surface area contributed by atoms with Crippen LogP contribution in [0.25, 0.3) is 0 Å². The normalized spacial score (nSPS) is 12.4. The van der Waals surface area contributed by atoms with Crippen molar-refractivity contribution in [3.63, 3.8) is 0 Å². The van der Waals surface area contributed by atoms with Gasteiger partial charge >= 0.3 is 0 Å². The number of rotatable bonds is 9. The molecule has 20 heavy (non-hydrogen) atoms. The zero-order chi connectivity index (χ0) is 15.0. The van der Waals surface area contributed by atoms with E-state index in [1.54, 1.807) is 19.2 Å². The van der Waals surface area contributed by atoms with Crippen LogP contribution in [-0.4, -0.2) is 45.1 Å². The van der Waals surface area contributed by atoms with Crippen LogP contribution < -0.4 is 10.2 Å². The number of ether oxygens (including phenoxy) is 1. The lowest BCUT2D eigenvalue weighted by Crippen LogP contribution is -2.32. The lowest BCUT2D eigenvalue weighted by Gasteiger charge is -2.28. The zero-order valence-electron chi connectivity index (χ0n) is 12.5. The van der Waals surface area contributed by atoms with Crippen LogP contribution in [0.3, 0.4) is 0 Å². The second kappa shape index (κ2) is 8.89. The summed E-state index contributed by atoms with van der Waals surface area (Å²) in [6.45, 7) is 6.62. The van der Waals surface area contributed by atoms with Crippen molar-refractivity contribution in [3.05, 3.63) is 29.6 Å². The number of halogens is 1. The molecule has 0 aliphatic rings. The summed E-state index contributed by atoms with van der Waals surface area (Å²) in [4.78, 5) is 2.02. The molecule has 114 valence electrons. The summed E-state index contributed by atoms with van der Waals surface area (Å²) in [6.07, 6.45) is 0. The van der Waals surface area contributed by atoms with Crippen molar-refractivity contribution in [1.29, 1.82) is 0 Å². The van der Waals surface area contributed by atoms with Crippen LogP contribution in [-0.2, 0) is 4.74 Å². The minimum absolute atomic E-state index is 0.0504. The Morgan fingerprint density at radius 3 is 2.75 bits per heavy atom. The molecule has 1 aromatic carbocycles. The van der Waals surface area contributed by atoms with Gasteiger partial charge in [-0.2, -0.15) is 0 Å². The Labute approximate surface area is 120 Å². The van der Waals surface area contributed by atoms with Gasteiger partial charge < -0.3 is 20.1 Å². The average Bonchev–Trinajstić information content (AvgIpc) is 2.44. The zero-order valence-corrected chi connectivity index (χ0v) is 12.5. The first-order chi connectivity index (χ1) is 9.63. The van der Waals surface area contributed by atoms with Gasteiger partial charge in [0, 0.05) is 31.9 Å². The number of methoxy groups -OCH3 is 1. The van der Waals surface area contributed by atoms with Crippen LogP contribution >= 0.6 is 0 Å². The van der Waals surface area contributed by atoms with Gasteiger partial charge in [0.15, 0.2) is 0 Å². The van der Waals surface area contributed by atoms with Crippen molar-refractivity contribution in [2.75, 3.05) is 44.9 Å². The van der Waals surface area contributed by atoms with Crippen LogP contribution in [0.4, 0.5) is 10.1 Å². The molecule has 0 aliphatic heterocycles. The standard InChI is InChI=1S/C15H25FN2O2/c1-4-17-12(2)14-11-13(16)5-6-15(14)18(7-9-19)8-10-20-3/h5-6,11-12,17,19H,4,7-10H2,1-3H3. The molecule has 0 fully saturated rings. The van der Waals surface area contributed by atoms with Gasteiger partial charge in [0.1, 0.15) is 5.82 Å². The van der Waals surface area contributed by atoms with Crippen LogP contribution in [0.1, 0.15) is 25.5 Å². The number of anilines is 1. The van der Waals surface area contributed by atoms with E-state index in [0.717, 1.165) is 17.8 Å². The second-order valence-electron chi connectivity index (χ2n) is 4.69. The molecule has 1 atom stereocenters. The molecule has 0 saturated carbocycles. The molecule has 4 nitrogen and oxygen atoms in total. The summed E-state index contributed by atoms with van der Waals surface area (Å²) < 4.78 is 18.6. The van der Waals surface area contributed by atoms with E-state index in [1.807, 2.05) is 18.7 Å². The number of aliphatic hydroxyl groups excluding tert-OH is 1. The van der Waals surface area contributed by atoms with Crippen molar-refractivity contribution in [2.24, 2.45) is 0 Å². The predicted octanol–water partition coefficient (Wildman–Crippen LogP) is 1.94. The van der Waals surface area contributed by atoms with E-state index in [-0.39, 0.29) is 18.5 Å². The molecule has 0 bridgehead atoms. The monoisotopic (exact) mass is 284 g/mol. The van der Waals surface area contributed by atoms with E-state index < -0.39 is 0 Å². The van der Waals surface area contributed by atoms with E-state index in [2.05, 4.69) is 5.32 Å². The largest absolute Gasteiger partial charge is 0.395 e. The highest BCUT2D eigenvalue weighted by atomic mass is 19.1. The fraction of sp³-hybridized carbons (Fsp3) is 0.600. The average molecular weight is 284 g/mol. The minimum atomic E-state index is -0.246. The second-order valence-corrected chi connectivity index (χ2v) is 4.69. The highest BCUT2D eigenvalue weighted by Gasteiger charge is 2.16. The Balaban J connectivity index is 3.05. The van der Waals surface area contributed by atoms with E-state index in [0.29, 0.717) is 19.7 Å². The number of benzene rings is 1. The van der Waals surface area contributed by atoms with Gasteiger partial charge in [-0.1, -0.05) is 6.92 Å². The maximum absolute atomic E-state index is 13.5. The molecule has 0 heterocycles. The lowest BCUT2D eigenvalue weighted by atomic mass is 10.0. The van der Waals surface area contributed by atoms with Crippen molar-refractivity contribution < 1.29 is 14.2 Å². The summed E-state index contributed by atoms with van der Waals surface area (Å²) in [6, 6.07) is 4.83. The molecule has 1 unspecified atom stereocenters. The topological polar surface area (TPSA) is 44.7 Å². The van der Waals surface area contributed by atoms with Gasteiger partial charge in [0.25, 0.3) is 0 Å². The fourth-order valence-electron chi connectivity index (χ4n) is 2.25. The molecular formula is C15H25FN2O2. The van der Waals surface area contributed by atoms with E-state index in [9.17, 15) is 9.50 Å². The molecule has 0 saturated heterocycles. The number of aliphatic hydroxyl groups is 1. The number of nitrogens with one attached hydrogen (secondary N) is 1. The Hall–Kier alpha value is -1.17. The highest BCUT2D eigenvalue weighted by molar-refractivity contribution is 5.55. The predicted molar refractivity (Wildman–Crippen MR) is 79.7 cm³/mol. The molecule has 1 aromatic rings. The van der Waals surface area contributed by atoms with Crippen molar-refractivity contribution in [1.82, 2.24) is 5.32 Å². The lowest BCUT2D eigenvalue weighted by molar-refractivity contribution is 0.203. The quantitative estimate of drug-likeness (QED) is 0.727. The summed E-state index contributed by atoms with van der Waals surface area (Å²) >= 11 is 0. The molecular weight excluding hydrogens is 259 g/mol. The summed E-state index contributed by atoms with van der Waals surface area (Å²) in [5.74, 6) is -0.246. The highest BCUT2D eigenvalue weighted by Crippen LogP contribution is 2.27. The van der Waals surface area contributed by atoms with Crippen LogP contribution in [0.15, 0.2) is 18.2 Å². The third-order valence-electron chi connectivity index (χ3n) is 3.24. The van der Waals surface area contributed by atoms with Gasteiger partial charge in [-0.15, -0.1) is 0 Å². The van der Waals surface area contributed by atoms with Crippen LogP contribution in [0.2, 0.25) is 0 Å². The number of hydrogen-bond acceptors (Lipinski definition) is 4. The van der Waals surface area contributed by atoms with Gasteiger partial charge in [-0.05, 0) is 37.2 Å². The summed E-state index contributed by atoms with van der Waals surface area (Å²) in [7, 11) is 1.64. The van der Waals surface area contributed by atoms with Crippen molar-refractivity contribution >= 4 is 5.69 Å². The molecule has 2 N–H and O–H groups in total. The van der Waals surface area contributed by atoms with Gasteiger partial charge in [0.2, 0.25) is 0 Å². The Morgan fingerprint density at radius 2 is 2.15 bits per heavy atom. The fourth-order valence-corrected chi connectivity index (χ4v) is 2.25. The summed E-state index contributed by atoms with van der Waals surface area (Å²) in [5.41, 5.74) is 1.84. The molecule has 0 amide bonds. The summed E-state index contributed by atoms with van der Waals surface area (Å²) in [5, 5.41) is 12.5. The smallest absolute Gasteiger partial charge is 0.123 e. The Kier molecular flexibility index (Phi) is 7.51. The maximum atomic E-state index is 13.5. The van der Waals surface area contributed by atoms with Crippen molar-refractivity contribution in [3.8, 4) is 0 Å².